The maximum atomic E-state index is 11.9. The van der Waals surface area contributed by atoms with Crippen molar-refractivity contribution in [3.8, 4) is 11.9 Å². The van der Waals surface area contributed by atoms with E-state index in [-0.39, 0.29) is 22.7 Å². The minimum absolute atomic E-state index is 0.0397. The first-order valence-corrected chi connectivity index (χ1v) is 7.01. The van der Waals surface area contributed by atoms with Crippen molar-refractivity contribution in [1.29, 1.82) is 5.26 Å². The number of nitrogens with zero attached hydrogens (tertiary/aromatic N) is 3. The molecule has 0 fully saturated rings. The number of fused-ring (bicyclic) bond motifs is 1. The highest BCUT2D eigenvalue weighted by Crippen LogP contribution is 2.21. The SMILES string of the molecule is Cc1c(C=Nc2ccc3[nH]c(=O)[nH]c3c2)c(O)n(C)c(=O)c1C#N. The molecule has 3 N–H and O–H groups in total. The van der Waals surface area contributed by atoms with Gasteiger partial charge in [0, 0.05) is 13.3 Å². The number of imidazole rings is 1. The lowest BCUT2D eigenvalue weighted by molar-refractivity contribution is 0.421. The molecule has 0 unspecified atom stereocenters. The van der Waals surface area contributed by atoms with Crippen LogP contribution in [0.4, 0.5) is 5.69 Å². The molecule has 120 valence electrons. The van der Waals surface area contributed by atoms with Crippen LogP contribution in [0, 0.1) is 18.3 Å². The highest BCUT2D eigenvalue weighted by atomic mass is 16.3. The highest BCUT2D eigenvalue weighted by Gasteiger charge is 2.15. The minimum atomic E-state index is -0.559. The standard InChI is InChI=1S/C16H13N5O3/c1-8-10(6-17)14(22)21(2)15(23)11(8)7-18-9-3-4-12-13(5-9)20-16(24)19-12/h3-5,7,23H,1-2H3,(H2,19,20,24). The molecular weight excluding hydrogens is 310 g/mol. The lowest BCUT2D eigenvalue weighted by Crippen LogP contribution is -2.22. The Morgan fingerprint density at radius 3 is 2.71 bits per heavy atom. The minimum Gasteiger partial charge on any atom is -0.494 e. The Morgan fingerprint density at radius 2 is 2.00 bits per heavy atom. The molecule has 0 atom stereocenters. The van der Waals surface area contributed by atoms with Gasteiger partial charge in [-0.05, 0) is 30.7 Å². The fourth-order valence-corrected chi connectivity index (χ4v) is 2.43. The van der Waals surface area contributed by atoms with Crippen molar-refractivity contribution in [2.45, 2.75) is 6.92 Å². The molecule has 2 heterocycles. The van der Waals surface area contributed by atoms with Gasteiger partial charge in [0.2, 0.25) is 5.88 Å². The summed E-state index contributed by atoms with van der Waals surface area (Å²) in [5.74, 6) is -0.267. The molecule has 0 aliphatic carbocycles. The van der Waals surface area contributed by atoms with Gasteiger partial charge in [0.1, 0.15) is 11.6 Å². The highest BCUT2D eigenvalue weighted by molar-refractivity contribution is 5.88. The monoisotopic (exact) mass is 323 g/mol. The van der Waals surface area contributed by atoms with E-state index in [1.165, 1.54) is 13.3 Å². The van der Waals surface area contributed by atoms with Gasteiger partial charge in [0.15, 0.2) is 0 Å². The van der Waals surface area contributed by atoms with Crippen LogP contribution in [-0.4, -0.2) is 25.9 Å². The first-order chi connectivity index (χ1) is 11.4. The molecule has 8 heteroatoms. The van der Waals surface area contributed by atoms with E-state index in [9.17, 15) is 14.7 Å². The number of aliphatic imine (C=N–C) groups is 1. The molecule has 0 aliphatic heterocycles. The van der Waals surface area contributed by atoms with E-state index in [0.29, 0.717) is 22.3 Å². The number of aromatic amines is 2. The van der Waals surface area contributed by atoms with Crippen LogP contribution in [-0.2, 0) is 7.05 Å². The zero-order valence-electron chi connectivity index (χ0n) is 12.9. The first-order valence-electron chi connectivity index (χ1n) is 7.01. The summed E-state index contributed by atoms with van der Waals surface area (Å²) in [5, 5.41) is 19.3. The van der Waals surface area contributed by atoms with Gasteiger partial charge in [-0.3, -0.25) is 14.4 Å². The van der Waals surface area contributed by atoms with Crippen molar-refractivity contribution < 1.29 is 5.11 Å². The van der Waals surface area contributed by atoms with Crippen LogP contribution in [0.15, 0.2) is 32.8 Å². The van der Waals surface area contributed by atoms with Crippen LogP contribution < -0.4 is 11.2 Å². The quantitative estimate of drug-likeness (QED) is 0.612. The number of aromatic hydroxyl groups is 1. The van der Waals surface area contributed by atoms with Crippen molar-refractivity contribution in [2.75, 3.05) is 0 Å². The number of aromatic nitrogens is 3. The van der Waals surface area contributed by atoms with Gasteiger partial charge in [-0.1, -0.05) is 0 Å². The van der Waals surface area contributed by atoms with Crippen molar-refractivity contribution in [2.24, 2.45) is 12.0 Å². The summed E-state index contributed by atoms with van der Waals surface area (Å²) in [6.45, 7) is 1.58. The molecule has 3 aromatic rings. The molecule has 0 aliphatic rings. The molecule has 0 radical (unpaired) electrons. The molecule has 2 aromatic heterocycles. The summed E-state index contributed by atoms with van der Waals surface area (Å²) in [5.41, 5.74) is 1.55. The van der Waals surface area contributed by atoms with Gasteiger partial charge in [-0.15, -0.1) is 0 Å². The van der Waals surface area contributed by atoms with Crippen LogP contribution in [0.1, 0.15) is 16.7 Å². The molecule has 1 aromatic carbocycles. The Morgan fingerprint density at radius 1 is 1.29 bits per heavy atom. The Hall–Kier alpha value is -3.60. The molecule has 0 amide bonds. The molecular formula is C16H13N5O3. The number of nitriles is 1. The van der Waals surface area contributed by atoms with Gasteiger partial charge in [-0.25, -0.2) is 4.79 Å². The number of hydrogen-bond donors (Lipinski definition) is 3. The van der Waals surface area contributed by atoms with Crippen molar-refractivity contribution in [3.05, 3.63) is 55.7 Å². The third kappa shape index (κ3) is 2.38. The second-order valence-corrected chi connectivity index (χ2v) is 5.28. The second kappa shape index (κ2) is 5.55. The number of rotatable bonds is 2. The maximum Gasteiger partial charge on any atom is 0.323 e. The van der Waals surface area contributed by atoms with Crippen LogP contribution in [0.2, 0.25) is 0 Å². The van der Waals surface area contributed by atoms with Gasteiger partial charge >= 0.3 is 5.69 Å². The summed E-state index contributed by atoms with van der Waals surface area (Å²) < 4.78 is 1.000. The fraction of sp³-hybridized carbons (Fsp3) is 0.125. The molecule has 0 bridgehead atoms. The lowest BCUT2D eigenvalue weighted by Gasteiger charge is -2.09. The summed E-state index contributed by atoms with van der Waals surface area (Å²) in [6.07, 6.45) is 1.39. The lowest BCUT2D eigenvalue weighted by atomic mass is 10.1. The molecule has 24 heavy (non-hydrogen) atoms. The number of nitrogens with one attached hydrogen (secondary N) is 2. The Balaban J connectivity index is 2.11. The van der Waals surface area contributed by atoms with E-state index in [1.807, 2.05) is 6.07 Å². The van der Waals surface area contributed by atoms with E-state index in [2.05, 4.69) is 15.0 Å². The third-order valence-corrected chi connectivity index (χ3v) is 3.81. The summed E-state index contributed by atoms with van der Waals surface area (Å²) in [4.78, 5) is 32.7. The fourth-order valence-electron chi connectivity index (χ4n) is 2.43. The number of hydrogen-bond acceptors (Lipinski definition) is 5. The number of pyridine rings is 1. The van der Waals surface area contributed by atoms with Crippen LogP contribution in [0.5, 0.6) is 5.88 Å². The van der Waals surface area contributed by atoms with Crippen molar-refractivity contribution >= 4 is 22.9 Å². The second-order valence-electron chi connectivity index (χ2n) is 5.28. The van der Waals surface area contributed by atoms with Gasteiger partial charge in [0.25, 0.3) is 5.56 Å². The number of benzene rings is 1. The molecule has 8 nitrogen and oxygen atoms in total. The van der Waals surface area contributed by atoms with Gasteiger partial charge in [0.05, 0.1) is 22.3 Å². The Kier molecular flexibility index (Phi) is 3.54. The van der Waals surface area contributed by atoms with Crippen molar-refractivity contribution in [3.63, 3.8) is 0 Å². The third-order valence-electron chi connectivity index (χ3n) is 3.81. The predicted molar refractivity (Wildman–Crippen MR) is 89.0 cm³/mol. The van der Waals surface area contributed by atoms with Crippen molar-refractivity contribution in [1.82, 2.24) is 14.5 Å². The maximum absolute atomic E-state index is 11.9. The topological polar surface area (TPSA) is 127 Å². The van der Waals surface area contributed by atoms with Gasteiger partial charge in [-0.2, -0.15) is 5.26 Å². The average Bonchev–Trinajstić information content (AvgIpc) is 2.92. The summed E-state index contributed by atoms with van der Waals surface area (Å²) in [6, 6.07) is 6.92. The normalized spacial score (nSPS) is 11.2. The largest absolute Gasteiger partial charge is 0.494 e. The van der Waals surface area contributed by atoms with E-state index >= 15 is 0 Å². The van der Waals surface area contributed by atoms with E-state index in [4.69, 9.17) is 5.26 Å². The molecule has 0 spiro atoms. The van der Waals surface area contributed by atoms with Crippen LogP contribution in [0.3, 0.4) is 0 Å². The molecule has 3 rings (SSSR count). The average molecular weight is 323 g/mol. The summed E-state index contributed by atoms with van der Waals surface area (Å²) >= 11 is 0. The first kappa shape index (κ1) is 15.3. The zero-order valence-corrected chi connectivity index (χ0v) is 12.9. The Bertz CT molecular complexity index is 1140. The molecule has 0 saturated heterocycles. The van der Waals surface area contributed by atoms with E-state index in [0.717, 1.165) is 4.57 Å². The van der Waals surface area contributed by atoms with Crippen LogP contribution >= 0.6 is 0 Å². The zero-order chi connectivity index (χ0) is 17.4. The smallest absolute Gasteiger partial charge is 0.323 e. The van der Waals surface area contributed by atoms with E-state index < -0.39 is 5.56 Å². The summed E-state index contributed by atoms with van der Waals surface area (Å²) in [7, 11) is 1.38. The Labute approximate surface area is 135 Å². The van der Waals surface area contributed by atoms with E-state index in [1.54, 1.807) is 25.1 Å². The van der Waals surface area contributed by atoms with Crippen LogP contribution in [0.25, 0.3) is 11.0 Å². The predicted octanol–water partition coefficient (Wildman–Crippen LogP) is 1.19. The van der Waals surface area contributed by atoms with Gasteiger partial charge < -0.3 is 15.1 Å². The molecule has 0 saturated carbocycles. The number of H-pyrrole nitrogens is 2.